The third-order valence-corrected chi connectivity index (χ3v) is 3.03. The fraction of sp³-hybridized carbons (Fsp3) is 0.727. The van der Waals surface area contributed by atoms with E-state index >= 15 is 0 Å². The topological polar surface area (TPSA) is 118 Å². The van der Waals surface area contributed by atoms with Gasteiger partial charge in [0.15, 0.2) is 0 Å². The van der Waals surface area contributed by atoms with Gasteiger partial charge in [-0.1, -0.05) is 0 Å². The van der Waals surface area contributed by atoms with Crippen LogP contribution in [0.5, 0.6) is 0 Å². The molecule has 108 valence electrons. The van der Waals surface area contributed by atoms with E-state index in [1.165, 1.54) is 4.90 Å². The summed E-state index contributed by atoms with van der Waals surface area (Å²) in [4.78, 5) is 35.4. The van der Waals surface area contributed by atoms with E-state index in [9.17, 15) is 19.5 Å². The monoisotopic (exact) mass is 274 g/mol. The van der Waals surface area contributed by atoms with Gasteiger partial charge in [-0.2, -0.15) is 0 Å². The van der Waals surface area contributed by atoms with Gasteiger partial charge in [0.05, 0.1) is 5.60 Å². The van der Waals surface area contributed by atoms with Crippen LogP contribution >= 0.6 is 0 Å². The zero-order valence-electron chi connectivity index (χ0n) is 10.7. The summed E-state index contributed by atoms with van der Waals surface area (Å²) in [5.41, 5.74) is -0.832. The van der Waals surface area contributed by atoms with Crippen LogP contribution < -0.4 is 0 Å². The highest BCUT2D eigenvalue weighted by atomic mass is 16.4. The lowest BCUT2D eigenvalue weighted by atomic mass is 9.94. The van der Waals surface area contributed by atoms with Gasteiger partial charge in [0.2, 0.25) is 0 Å². The van der Waals surface area contributed by atoms with Crippen molar-refractivity contribution >= 4 is 18.0 Å². The number of carbonyl (C=O) groups excluding carboxylic acids is 1. The van der Waals surface area contributed by atoms with Gasteiger partial charge in [0.25, 0.3) is 0 Å². The molecule has 0 aliphatic carbocycles. The minimum absolute atomic E-state index is 0.279. The van der Waals surface area contributed by atoms with E-state index in [-0.39, 0.29) is 13.1 Å². The summed E-state index contributed by atoms with van der Waals surface area (Å²) in [6.07, 6.45) is 0.763. The van der Waals surface area contributed by atoms with E-state index in [2.05, 4.69) is 0 Å². The van der Waals surface area contributed by atoms with Crippen LogP contribution in [0, 0.1) is 0 Å². The maximum Gasteiger partial charge on any atom is 0.323 e. The zero-order chi connectivity index (χ0) is 14.6. The summed E-state index contributed by atoms with van der Waals surface area (Å²) >= 11 is 0. The number of carboxylic acids is 2. The number of hydrogen-bond acceptors (Lipinski definition) is 4. The second-order valence-electron chi connectivity index (χ2n) is 4.91. The molecule has 1 fully saturated rings. The van der Waals surface area contributed by atoms with Crippen molar-refractivity contribution in [3.05, 3.63) is 0 Å². The van der Waals surface area contributed by atoms with Crippen molar-refractivity contribution in [2.45, 2.75) is 25.4 Å². The number of amides is 2. The molecule has 1 aliphatic heterocycles. The highest BCUT2D eigenvalue weighted by Crippen LogP contribution is 2.21. The molecule has 0 unspecified atom stereocenters. The first-order valence-electron chi connectivity index (χ1n) is 5.91. The minimum Gasteiger partial charge on any atom is -0.480 e. The highest BCUT2D eigenvalue weighted by molar-refractivity contribution is 5.84. The number of aliphatic hydroxyl groups is 1. The minimum atomic E-state index is -1.27. The summed E-state index contributed by atoms with van der Waals surface area (Å²) in [6.45, 7) is 0.917. The molecule has 0 spiro atoms. The predicted molar refractivity (Wildman–Crippen MR) is 63.7 cm³/mol. The maximum absolute atomic E-state index is 12.0. The molecule has 8 nitrogen and oxygen atoms in total. The number of carboxylic acid groups (broad SMARTS) is 2. The Hall–Kier alpha value is -1.83. The van der Waals surface area contributed by atoms with Crippen LogP contribution in [0.2, 0.25) is 0 Å². The molecule has 19 heavy (non-hydrogen) atoms. The number of nitrogens with zero attached hydrogens (tertiary/aromatic N) is 2. The van der Waals surface area contributed by atoms with Crippen LogP contribution in [0.4, 0.5) is 4.79 Å². The van der Waals surface area contributed by atoms with Crippen LogP contribution in [-0.2, 0) is 9.59 Å². The summed E-state index contributed by atoms with van der Waals surface area (Å²) in [5, 5.41) is 27.1. The molecule has 1 rings (SSSR count). The molecule has 0 aromatic carbocycles. The first kappa shape index (κ1) is 15.2. The van der Waals surface area contributed by atoms with Crippen molar-refractivity contribution in [2.75, 3.05) is 26.2 Å². The van der Waals surface area contributed by atoms with E-state index < -0.39 is 36.7 Å². The van der Waals surface area contributed by atoms with Gasteiger partial charge >= 0.3 is 18.0 Å². The number of urea groups is 1. The molecule has 0 aromatic heterocycles. The second kappa shape index (κ2) is 5.87. The lowest BCUT2D eigenvalue weighted by molar-refractivity contribution is -0.140. The summed E-state index contributed by atoms with van der Waals surface area (Å²) < 4.78 is 0. The molecule has 3 N–H and O–H groups in total. The lowest BCUT2D eigenvalue weighted by Gasteiger charge is -2.37. The Bertz CT molecular complexity index is 355. The molecule has 0 aromatic rings. The molecular weight excluding hydrogens is 256 g/mol. The number of piperidine rings is 1. The zero-order valence-corrected chi connectivity index (χ0v) is 10.7. The smallest absolute Gasteiger partial charge is 0.323 e. The van der Waals surface area contributed by atoms with Crippen LogP contribution in [0.3, 0.4) is 0 Å². The molecule has 0 bridgehead atoms. The average Bonchev–Trinajstić information content (AvgIpc) is 2.26. The summed E-state index contributed by atoms with van der Waals surface area (Å²) in [5.74, 6) is -2.53. The Morgan fingerprint density at radius 1 is 1.11 bits per heavy atom. The first-order valence-corrected chi connectivity index (χ1v) is 5.91. The second-order valence-corrected chi connectivity index (χ2v) is 4.91. The number of carbonyl (C=O) groups is 3. The van der Waals surface area contributed by atoms with Gasteiger partial charge in [0.1, 0.15) is 13.1 Å². The van der Waals surface area contributed by atoms with Crippen molar-refractivity contribution in [1.82, 2.24) is 9.80 Å². The fourth-order valence-electron chi connectivity index (χ4n) is 1.90. The summed E-state index contributed by atoms with van der Waals surface area (Å²) in [6, 6.07) is -0.625. The Morgan fingerprint density at radius 3 is 1.89 bits per heavy atom. The molecule has 0 radical (unpaired) electrons. The van der Waals surface area contributed by atoms with Gasteiger partial charge in [-0.05, 0) is 19.8 Å². The van der Waals surface area contributed by atoms with Crippen molar-refractivity contribution in [2.24, 2.45) is 0 Å². The average molecular weight is 274 g/mol. The highest BCUT2D eigenvalue weighted by Gasteiger charge is 2.32. The molecule has 0 atom stereocenters. The Kier molecular flexibility index (Phi) is 4.71. The molecule has 1 heterocycles. The maximum atomic E-state index is 12.0. The van der Waals surface area contributed by atoms with Crippen LogP contribution in [0.1, 0.15) is 19.8 Å². The van der Waals surface area contributed by atoms with Crippen molar-refractivity contribution in [3.63, 3.8) is 0 Å². The molecule has 0 saturated carbocycles. The van der Waals surface area contributed by atoms with Gasteiger partial charge in [-0.3, -0.25) is 9.59 Å². The van der Waals surface area contributed by atoms with E-state index in [4.69, 9.17) is 10.2 Å². The SMILES string of the molecule is CC1(O)CCN(C(=O)N(CC(=O)O)CC(=O)O)CC1. The Balaban J connectivity index is 2.66. The van der Waals surface area contributed by atoms with E-state index in [1.807, 2.05) is 0 Å². The van der Waals surface area contributed by atoms with E-state index in [1.54, 1.807) is 6.92 Å². The molecule has 1 aliphatic rings. The third kappa shape index (κ3) is 4.74. The van der Waals surface area contributed by atoms with Crippen LogP contribution in [0.25, 0.3) is 0 Å². The van der Waals surface area contributed by atoms with Crippen molar-refractivity contribution in [3.8, 4) is 0 Å². The van der Waals surface area contributed by atoms with Crippen LogP contribution in [0.15, 0.2) is 0 Å². The number of hydrogen-bond donors (Lipinski definition) is 3. The number of aliphatic carboxylic acids is 2. The fourth-order valence-corrected chi connectivity index (χ4v) is 1.90. The molecule has 2 amide bonds. The quantitative estimate of drug-likeness (QED) is 0.631. The molecule has 8 heteroatoms. The van der Waals surface area contributed by atoms with Gasteiger partial charge < -0.3 is 25.1 Å². The van der Waals surface area contributed by atoms with Crippen LogP contribution in [-0.4, -0.2) is 74.9 Å². The third-order valence-electron chi connectivity index (χ3n) is 3.03. The number of rotatable bonds is 4. The van der Waals surface area contributed by atoms with Gasteiger partial charge in [-0.15, -0.1) is 0 Å². The predicted octanol–water partition coefficient (Wildman–Crippen LogP) is -0.576. The normalized spacial score (nSPS) is 17.9. The number of likely N-dealkylation sites (tertiary alicyclic amines) is 1. The van der Waals surface area contributed by atoms with Gasteiger partial charge in [-0.25, -0.2) is 4.79 Å². The molecular formula is C11H18N2O6. The van der Waals surface area contributed by atoms with E-state index in [0.29, 0.717) is 12.8 Å². The Labute approximate surface area is 110 Å². The van der Waals surface area contributed by atoms with Crippen molar-refractivity contribution < 1.29 is 29.7 Å². The molecule has 1 saturated heterocycles. The van der Waals surface area contributed by atoms with Crippen molar-refractivity contribution in [1.29, 1.82) is 0 Å². The largest absolute Gasteiger partial charge is 0.480 e. The first-order chi connectivity index (χ1) is 8.71. The Morgan fingerprint density at radius 2 is 1.53 bits per heavy atom. The summed E-state index contributed by atoms with van der Waals surface area (Å²) in [7, 11) is 0. The van der Waals surface area contributed by atoms with Gasteiger partial charge in [0, 0.05) is 13.1 Å². The van der Waals surface area contributed by atoms with E-state index in [0.717, 1.165) is 4.90 Å². The lowest BCUT2D eigenvalue weighted by Crippen LogP contribution is -2.52. The standard InChI is InChI=1S/C11H18N2O6/c1-11(19)2-4-12(5-3-11)10(18)13(6-8(14)15)7-9(16)17/h19H,2-7H2,1H3,(H,14,15)(H,16,17).